The van der Waals surface area contributed by atoms with E-state index in [1.165, 1.54) is 6.07 Å². The zero-order chi connectivity index (χ0) is 23.0. The summed E-state index contributed by atoms with van der Waals surface area (Å²) in [5, 5.41) is 0.855. The number of benzene rings is 2. The molecule has 0 aromatic heterocycles. The fraction of sp³-hybridized carbons (Fsp3) is 0.400. The van der Waals surface area contributed by atoms with Crippen LogP contribution in [0.2, 0.25) is 5.02 Å². The second kappa shape index (κ2) is 8.95. The predicted molar refractivity (Wildman–Crippen MR) is 125 cm³/mol. The van der Waals surface area contributed by atoms with Gasteiger partial charge in [-0.15, -0.1) is 0 Å². The van der Waals surface area contributed by atoms with E-state index in [0.29, 0.717) is 34.5 Å². The molecule has 2 aromatic rings. The number of carbonyl (C=O) groups excluding carboxylic acids is 1. The fourth-order valence-corrected chi connectivity index (χ4v) is 4.59. The van der Waals surface area contributed by atoms with Crippen molar-refractivity contribution in [3.05, 3.63) is 70.0 Å². The number of likely N-dealkylation sites (tertiary alicyclic amines) is 1. The van der Waals surface area contributed by atoms with Gasteiger partial charge in [0.1, 0.15) is 23.3 Å². The van der Waals surface area contributed by atoms with Crippen molar-refractivity contribution in [1.29, 1.82) is 0 Å². The summed E-state index contributed by atoms with van der Waals surface area (Å²) in [6.07, 6.45) is 2.34. The van der Waals surface area contributed by atoms with Gasteiger partial charge in [-0.05, 0) is 69.4 Å². The quantitative estimate of drug-likeness (QED) is 0.455. The minimum Gasteiger partial charge on any atom is -0.480 e. The standard InChI is InChI=1S/C25H26Cl2FNO3/c1-25(2,3)32-24(30)29-11-9-15(10-12-29)17-5-4-6-18-20(27)14-22(31-23(17)18)19-8-7-16(26)13-21(19)28/h4-8,13-15,22H,9-12H2,1-3H3. The Morgan fingerprint density at radius 2 is 1.84 bits per heavy atom. The molecule has 4 nitrogen and oxygen atoms in total. The normalized spacial score (nSPS) is 19.1. The molecule has 2 aliphatic rings. The summed E-state index contributed by atoms with van der Waals surface area (Å²) < 4.78 is 26.3. The van der Waals surface area contributed by atoms with Crippen molar-refractivity contribution in [2.24, 2.45) is 0 Å². The van der Waals surface area contributed by atoms with E-state index in [1.807, 2.05) is 39.0 Å². The lowest BCUT2D eigenvalue weighted by atomic mass is 9.87. The molecule has 170 valence electrons. The number of hydrogen-bond acceptors (Lipinski definition) is 3. The Kier molecular flexibility index (Phi) is 6.42. The molecule has 1 unspecified atom stereocenters. The largest absolute Gasteiger partial charge is 0.480 e. The van der Waals surface area contributed by atoms with E-state index < -0.39 is 17.5 Å². The van der Waals surface area contributed by atoms with Crippen molar-refractivity contribution >= 4 is 34.3 Å². The zero-order valence-electron chi connectivity index (χ0n) is 18.3. The molecule has 4 rings (SSSR count). The van der Waals surface area contributed by atoms with E-state index in [0.717, 1.165) is 24.0 Å². The highest BCUT2D eigenvalue weighted by atomic mass is 35.5. The van der Waals surface area contributed by atoms with Crippen LogP contribution in [0.1, 0.15) is 62.3 Å². The highest BCUT2D eigenvalue weighted by molar-refractivity contribution is 6.49. The maximum absolute atomic E-state index is 14.5. The smallest absolute Gasteiger partial charge is 0.410 e. The van der Waals surface area contributed by atoms with Crippen LogP contribution in [-0.4, -0.2) is 29.7 Å². The Morgan fingerprint density at radius 1 is 1.12 bits per heavy atom. The predicted octanol–water partition coefficient (Wildman–Crippen LogP) is 7.31. The van der Waals surface area contributed by atoms with Crippen molar-refractivity contribution in [2.45, 2.75) is 51.2 Å². The van der Waals surface area contributed by atoms with Gasteiger partial charge in [0, 0.05) is 29.2 Å². The third kappa shape index (κ3) is 4.89. The number of carbonyl (C=O) groups is 1. The molecule has 1 fully saturated rings. The number of halogens is 3. The fourth-order valence-electron chi connectivity index (χ4n) is 4.16. The Hall–Kier alpha value is -2.24. The van der Waals surface area contributed by atoms with Gasteiger partial charge in [-0.3, -0.25) is 0 Å². The number of rotatable bonds is 2. The van der Waals surface area contributed by atoms with Crippen LogP contribution in [0.3, 0.4) is 0 Å². The number of ether oxygens (including phenoxy) is 2. The first kappa shape index (κ1) is 22.9. The maximum atomic E-state index is 14.5. The monoisotopic (exact) mass is 477 g/mol. The van der Waals surface area contributed by atoms with Crippen LogP contribution >= 0.6 is 23.2 Å². The second-order valence-electron chi connectivity index (χ2n) is 9.18. The van der Waals surface area contributed by atoms with Crippen LogP contribution in [0, 0.1) is 5.82 Å². The Bertz CT molecular complexity index is 1060. The van der Waals surface area contributed by atoms with E-state index in [1.54, 1.807) is 23.1 Å². The van der Waals surface area contributed by atoms with Crippen LogP contribution in [0.15, 0.2) is 42.5 Å². The summed E-state index contributed by atoms with van der Waals surface area (Å²) in [6, 6.07) is 10.4. The average molecular weight is 478 g/mol. The summed E-state index contributed by atoms with van der Waals surface area (Å²) in [5.41, 5.74) is 1.68. The molecule has 0 spiro atoms. The first-order valence-electron chi connectivity index (χ1n) is 10.7. The SMILES string of the molecule is CC(C)(C)OC(=O)N1CCC(c2cccc3c2OC(c2ccc(Cl)cc2F)C=C3Cl)CC1. The van der Waals surface area contributed by atoms with Gasteiger partial charge in [-0.1, -0.05) is 41.4 Å². The molecule has 1 amide bonds. The first-order chi connectivity index (χ1) is 15.1. The van der Waals surface area contributed by atoms with Crippen LogP contribution < -0.4 is 4.74 Å². The van der Waals surface area contributed by atoms with Gasteiger partial charge in [-0.2, -0.15) is 0 Å². The van der Waals surface area contributed by atoms with Gasteiger partial charge < -0.3 is 14.4 Å². The van der Waals surface area contributed by atoms with Crippen molar-refractivity contribution in [1.82, 2.24) is 4.90 Å². The minimum absolute atomic E-state index is 0.196. The molecule has 0 saturated carbocycles. The molecule has 1 atom stereocenters. The van der Waals surface area contributed by atoms with Gasteiger partial charge in [0.05, 0.1) is 5.03 Å². The van der Waals surface area contributed by atoms with Gasteiger partial charge in [-0.25, -0.2) is 9.18 Å². The molecular formula is C25H26Cl2FNO3. The molecule has 2 aliphatic heterocycles. The van der Waals surface area contributed by atoms with Crippen LogP contribution in [0.4, 0.5) is 9.18 Å². The van der Waals surface area contributed by atoms with E-state index in [2.05, 4.69) is 0 Å². The van der Waals surface area contributed by atoms with E-state index in [-0.39, 0.29) is 12.0 Å². The number of fused-ring (bicyclic) bond motifs is 1. The third-order valence-electron chi connectivity index (χ3n) is 5.70. The number of para-hydroxylation sites is 1. The average Bonchev–Trinajstić information content (AvgIpc) is 2.72. The van der Waals surface area contributed by atoms with E-state index >= 15 is 0 Å². The lowest BCUT2D eigenvalue weighted by Gasteiger charge is -2.35. The van der Waals surface area contributed by atoms with Crippen molar-refractivity contribution in [3.8, 4) is 5.75 Å². The van der Waals surface area contributed by atoms with E-state index in [4.69, 9.17) is 32.7 Å². The van der Waals surface area contributed by atoms with Gasteiger partial charge in [0.2, 0.25) is 0 Å². The van der Waals surface area contributed by atoms with Gasteiger partial charge in [0.25, 0.3) is 0 Å². The zero-order valence-corrected chi connectivity index (χ0v) is 19.8. The number of piperidine rings is 1. The molecule has 2 heterocycles. The molecule has 2 aromatic carbocycles. The third-order valence-corrected chi connectivity index (χ3v) is 6.27. The highest BCUT2D eigenvalue weighted by Crippen LogP contribution is 2.45. The lowest BCUT2D eigenvalue weighted by molar-refractivity contribution is 0.0204. The van der Waals surface area contributed by atoms with Crippen molar-refractivity contribution in [2.75, 3.05) is 13.1 Å². The van der Waals surface area contributed by atoms with Gasteiger partial charge in [0.15, 0.2) is 0 Å². The molecule has 7 heteroatoms. The molecule has 32 heavy (non-hydrogen) atoms. The summed E-state index contributed by atoms with van der Waals surface area (Å²) in [7, 11) is 0. The summed E-state index contributed by atoms with van der Waals surface area (Å²) in [5.74, 6) is 0.437. The topological polar surface area (TPSA) is 38.8 Å². The number of hydrogen-bond donors (Lipinski definition) is 0. The highest BCUT2D eigenvalue weighted by Gasteiger charge is 2.32. The minimum atomic E-state index is -0.643. The molecular weight excluding hydrogens is 452 g/mol. The van der Waals surface area contributed by atoms with Crippen LogP contribution in [0.5, 0.6) is 5.75 Å². The first-order valence-corrected chi connectivity index (χ1v) is 11.5. The Morgan fingerprint density at radius 3 is 2.50 bits per heavy atom. The van der Waals surface area contributed by atoms with Gasteiger partial charge >= 0.3 is 6.09 Å². The van der Waals surface area contributed by atoms with Crippen LogP contribution in [-0.2, 0) is 4.74 Å². The Balaban J connectivity index is 1.55. The molecule has 0 bridgehead atoms. The summed E-state index contributed by atoms with van der Waals surface area (Å²) in [4.78, 5) is 14.1. The van der Waals surface area contributed by atoms with E-state index in [9.17, 15) is 9.18 Å². The molecule has 1 saturated heterocycles. The molecule has 0 N–H and O–H groups in total. The molecule has 0 aliphatic carbocycles. The lowest BCUT2D eigenvalue weighted by Crippen LogP contribution is -2.41. The number of nitrogens with zero attached hydrogens (tertiary/aromatic N) is 1. The summed E-state index contributed by atoms with van der Waals surface area (Å²) in [6.45, 7) is 6.79. The maximum Gasteiger partial charge on any atom is 0.410 e. The molecule has 0 radical (unpaired) electrons. The second-order valence-corrected chi connectivity index (χ2v) is 10.0. The van der Waals surface area contributed by atoms with Crippen molar-refractivity contribution < 1.29 is 18.7 Å². The van der Waals surface area contributed by atoms with Crippen LogP contribution in [0.25, 0.3) is 5.03 Å². The Labute approximate surface area is 197 Å². The number of amides is 1. The summed E-state index contributed by atoms with van der Waals surface area (Å²) >= 11 is 12.5. The van der Waals surface area contributed by atoms with Crippen molar-refractivity contribution in [3.63, 3.8) is 0 Å².